The lowest BCUT2D eigenvalue weighted by atomic mass is 10.1. The molecule has 5 heteroatoms. The van der Waals surface area contributed by atoms with E-state index in [1.54, 1.807) is 7.11 Å². The third kappa shape index (κ3) is 4.75. The van der Waals surface area contributed by atoms with E-state index in [0.717, 1.165) is 39.0 Å². The van der Waals surface area contributed by atoms with Crippen LogP contribution in [-0.4, -0.2) is 73.4 Å². The predicted octanol–water partition coefficient (Wildman–Crippen LogP) is 0.574. The lowest BCUT2D eigenvalue weighted by Crippen LogP contribution is -2.53. The minimum atomic E-state index is 0.0336. The fourth-order valence-electron chi connectivity index (χ4n) is 2.54. The smallest absolute Gasteiger partial charge is 0.225 e. The predicted molar refractivity (Wildman–Crippen MR) is 75.0 cm³/mol. The fraction of sp³-hybridized carbons (Fsp3) is 0.929. The van der Waals surface area contributed by atoms with Crippen molar-refractivity contribution in [3.8, 4) is 0 Å². The highest BCUT2D eigenvalue weighted by atomic mass is 16.5. The molecule has 0 aliphatic carbocycles. The number of aliphatic hydroxyl groups excluding tert-OH is 1. The monoisotopic (exact) mass is 272 g/mol. The molecule has 112 valence electrons. The van der Waals surface area contributed by atoms with Crippen molar-refractivity contribution in [2.75, 3.05) is 46.5 Å². The van der Waals surface area contributed by atoms with E-state index in [1.807, 2.05) is 11.8 Å². The Morgan fingerprint density at radius 3 is 2.42 bits per heavy atom. The van der Waals surface area contributed by atoms with Crippen molar-refractivity contribution in [3.05, 3.63) is 0 Å². The zero-order chi connectivity index (χ0) is 14.3. The standard InChI is InChI=1S/C14H28N2O3/c1-4-13(11-17)15-6-8-16(9-7-15)14(18)12(2)5-10-19-3/h12-13,17H,4-11H2,1-3H3. The number of ether oxygens (including phenoxy) is 1. The van der Waals surface area contributed by atoms with Crippen LogP contribution < -0.4 is 0 Å². The van der Waals surface area contributed by atoms with E-state index < -0.39 is 0 Å². The molecule has 2 unspecified atom stereocenters. The van der Waals surface area contributed by atoms with E-state index in [9.17, 15) is 9.90 Å². The SMILES string of the molecule is CCC(CO)N1CCN(C(=O)C(C)CCOC)CC1. The molecule has 0 aromatic carbocycles. The van der Waals surface area contributed by atoms with Crippen molar-refractivity contribution in [3.63, 3.8) is 0 Å². The van der Waals surface area contributed by atoms with Crippen molar-refractivity contribution in [2.24, 2.45) is 5.92 Å². The second-order valence-electron chi connectivity index (χ2n) is 5.29. The summed E-state index contributed by atoms with van der Waals surface area (Å²) in [5.41, 5.74) is 0. The van der Waals surface area contributed by atoms with Gasteiger partial charge in [0.05, 0.1) is 6.61 Å². The number of hydrogen-bond acceptors (Lipinski definition) is 4. The number of carbonyl (C=O) groups is 1. The van der Waals surface area contributed by atoms with Gasteiger partial charge in [-0.15, -0.1) is 0 Å². The number of rotatable bonds is 7. The van der Waals surface area contributed by atoms with E-state index in [4.69, 9.17) is 4.74 Å². The van der Waals surface area contributed by atoms with Crippen LogP contribution in [0.2, 0.25) is 0 Å². The van der Waals surface area contributed by atoms with Crippen LogP contribution in [0.25, 0.3) is 0 Å². The van der Waals surface area contributed by atoms with Crippen molar-refractivity contribution >= 4 is 5.91 Å². The van der Waals surface area contributed by atoms with Crippen molar-refractivity contribution < 1.29 is 14.6 Å². The number of carbonyl (C=O) groups excluding carboxylic acids is 1. The van der Waals surface area contributed by atoms with Gasteiger partial charge in [-0.25, -0.2) is 0 Å². The van der Waals surface area contributed by atoms with Crippen LogP contribution in [0.15, 0.2) is 0 Å². The number of methoxy groups -OCH3 is 1. The van der Waals surface area contributed by atoms with Gasteiger partial charge in [0.2, 0.25) is 5.91 Å². The normalized spacial score (nSPS) is 20.3. The van der Waals surface area contributed by atoms with Crippen LogP contribution in [0.5, 0.6) is 0 Å². The number of nitrogens with zero attached hydrogens (tertiary/aromatic N) is 2. The topological polar surface area (TPSA) is 53.0 Å². The van der Waals surface area contributed by atoms with E-state index >= 15 is 0 Å². The maximum absolute atomic E-state index is 12.2. The summed E-state index contributed by atoms with van der Waals surface area (Å²) in [5, 5.41) is 9.30. The van der Waals surface area contributed by atoms with E-state index in [-0.39, 0.29) is 24.5 Å². The molecule has 1 rings (SSSR count). The maximum atomic E-state index is 12.2. The van der Waals surface area contributed by atoms with Gasteiger partial charge in [-0.05, 0) is 12.8 Å². The van der Waals surface area contributed by atoms with Crippen molar-refractivity contribution in [2.45, 2.75) is 32.7 Å². The second kappa shape index (κ2) is 8.51. The highest BCUT2D eigenvalue weighted by molar-refractivity contribution is 5.78. The first-order chi connectivity index (χ1) is 9.13. The van der Waals surface area contributed by atoms with E-state index in [2.05, 4.69) is 11.8 Å². The second-order valence-corrected chi connectivity index (χ2v) is 5.29. The van der Waals surface area contributed by atoms with E-state index in [1.165, 1.54) is 0 Å². The molecule has 19 heavy (non-hydrogen) atoms. The summed E-state index contributed by atoms with van der Waals surface area (Å²) in [4.78, 5) is 16.4. The zero-order valence-electron chi connectivity index (χ0n) is 12.5. The molecule has 0 aromatic heterocycles. The molecular formula is C14H28N2O3. The molecule has 0 saturated carbocycles. The molecular weight excluding hydrogens is 244 g/mol. The highest BCUT2D eigenvalue weighted by Gasteiger charge is 2.27. The minimum Gasteiger partial charge on any atom is -0.395 e. The zero-order valence-corrected chi connectivity index (χ0v) is 12.5. The summed E-state index contributed by atoms with van der Waals surface area (Å²) >= 11 is 0. The number of piperazine rings is 1. The van der Waals surface area contributed by atoms with Crippen LogP contribution >= 0.6 is 0 Å². The van der Waals surface area contributed by atoms with Gasteiger partial charge < -0.3 is 14.7 Å². The Bertz CT molecular complexity index is 261. The van der Waals surface area contributed by atoms with Crippen molar-refractivity contribution in [1.82, 2.24) is 9.80 Å². The molecule has 5 nitrogen and oxygen atoms in total. The Balaban J connectivity index is 2.38. The first kappa shape index (κ1) is 16.4. The minimum absolute atomic E-state index is 0.0336. The lowest BCUT2D eigenvalue weighted by molar-refractivity contribution is -0.137. The third-order valence-corrected chi connectivity index (χ3v) is 4.00. The third-order valence-electron chi connectivity index (χ3n) is 4.00. The Hall–Kier alpha value is -0.650. The summed E-state index contributed by atoms with van der Waals surface area (Å²) in [5.74, 6) is 0.264. The number of amides is 1. The van der Waals surface area contributed by atoms with Gasteiger partial charge in [0.15, 0.2) is 0 Å². The van der Waals surface area contributed by atoms with Gasteiger partial charge in [-0.2, -0.15) is 0 Å². The van der Waals surface area contributed by atoms with Crippen LogP contribution in [0.3, 0.4) is 0 Å². The Kier molecular flexibility index (Phi) is 7.34. The molecule has 1 heterocycles. The Morgan fingerprint density at radius 2 is 1.95 bits per heavy atom. The summed E-state index contributed by atoms with van der Waals surface area (Å²) in [6, 6.07) is 0.239. The average Bonchev–Trinajstić information content (AvgIpc) is 2.46. The quantitative estimate of drug-likeness (QED) is 0.736. The van der Waals surface area contributed by atoms with Crippen LogP contribution in [-0.2, 0) is 9.53 Å². The number of hydrogen-bond donors (Lipinski definition) is 1. The van der Waals surface area contributed by atoms with Gasteiger partial charge in [0, 0.05) is 51.9 Å². The van der Waals surface area contributed by atoms with Crippen molar-refractivity contribution in [1.29, 1.82) is 0 Å². The maximum Gasteiger partial charge on any atom is 0.225 e. The van der Waals surface area contributed by atoms with E-state index in [0.29, 0.717) is 6.61 Å². The van der Waals surface area contributed by atoms with Gasteiger partial charge in [0.25, 0.3) is 0 Å². The van der Waals surface area contributed by atoms with Crippen LogP contribution in [0.4, 0.5) is 0 Å². The summed E-state index contributed by atoms with van der Waals surface area (Å²) in [7, 11) is 1.66. The fourth-order valence-corrected chi connectivity index (χ4v) is 2.54. The molecule has 1 fully saturated rings. The Morgan fingerprint density at radius 1 is 1.32 bits per heavy atom. The van der Waals surface area contributed by atoms with Gasteiger partial charge >= 0.3 is 0 Å². The molecule has 2 atom stereocenters. The molecule has 0 aromatic rings. The van der Waals surface area contributed by atoms with Gasteiger partial charge in [-0.3, -0.25) is 9.69 Å². The summed E-state index contributed by atoms with van der Waals surface area (Å²) in [6.07, 6.45) is 1.73. The summed E-state index contributed by atoms with van der Waals surface area (Å²) < 4.78 is 5.02. The molecule has 0 radical (unpaired) electrons. The van der Waals surface area contributed by atoms with Crippen LogP contribution in [0, 0.1) is 5.92 Å². The largest absolute Gasteiger partial charge is 0.395 e. The Labute approximate surface area is 116 Å². The lowest BCUT2D eigenvalue weighted by Gasteiger charge is -2.39. The average molecular weight is 272 g/mol. The molecule has 1 aliphatic rings. The van der Waals surface area contributed by atoms with Gasteiger partial charge in [-0.1, -0.05) is 13.8 Å². The molecule has 1 amide bonds. The van der Waals surface area contributed by atoms with Crippen LogP contribution in [0.1, 0.15) is 26.7 Å². The number of aliphatic hydroxyl groups is 1. The molecule has 1 aliphatic heterocycles. The molecule has 0 bridgehead atoms. The van der Waals surface area contributed by atoms with Gasteiger partial charge in [0.1, 0.15) is 0 Å². The first-order valence-corrected chi connectivity index (χ1v) is 7.26. The highest BCUT2D eigenvalue weighted by Crippen LogP contribution is 2.13. The summed E-state index contributed by atoms with van der Waals surface area (Å²) in [6.45, 7) is 8.16. The molecule has 1 N–H and O–H groups in total. The first-order valence-electron chi connectivity index (χ1n) is 7.26. The molecule has 1 saturated heterocycles. The molecule has 0 spiro atoms.